The Hall–Kier alpha value is -3.31. The van der Waals surface area contributed by atoms with Crippen molar-refractivity contribution in [3.05, 3.63) is 65.7 Å². The summed E-state index contributed by atoms with van der Waals surface area (Å²) in [5, 5.41) is 24.0. The summed E-state index contributed by atoms with van der Waals surface area (Å²) < 4.78 is 7.21. The number of rotatable bonds is 8. The highest BCUT2D eigenvalue weighted by atomic mass is 32.2. The number of hydrogen-bond acceptors (Lipinski definition) is 9. The Labute approximate surface area is 174 Å². The monoisotopic (exact) mass is 425 g/mol. The van der Waals surface area contributed by atoms with E-state index in [9.17, 15) is 4.79 Å². The molecule has 4 aromatic rings. The Morgan fingerprint density at radius 1 is 1.03 bits per heavy atom. The van der Waals surface area contributed by atoms with Crippen molar-refractivity contribution in [1.29, 1.82) is 0 Å². The molecule has 0 unspecified atom stereocenters. The topological polar surface area (TPSA) is 108 Å². The van der Waals surface area contributed by atoms with E-state index < -0.39 is 0 Å². The molecule has 1 amide bonds. The van der Waals surface area contributed by atoms with E-state index in [0.29, 0.717) is 15.3 Å². The molecule has 2 heterocycles. The maximum atomic E-state index is 12.2. The smallest absolute Gasteiger partial charge is 0.236 e. The van der Waals surface area contributed by atoms with E-state index in [1.165, 1.54) is 23.1 Å². The predicted molar refractivity (Wildman–Crippen MR) is 109 cm³/mol. The molecule has 0 bridgehead atoms. The number of nitrogens with zero attached hydrogens (tertiary/aromatic N) is 6. The molecule has 29 heavy (non-hydrogen) atoms. The van der Waals surface area contributed by atoms with Crippen molar-refractivity contribution in [3.63, 3.8) is 0 Å². The second kappa shape index (κ2) is 9.26. The first-order chi connectivity index (χ1) is 14.3. The van der Waals surface area contributed by atoms with Gasteiger partial charge in [0.05, 0.1) is 11.4 Å². The molecule has 0 radical (unpaired) electrons. The zero-order valence-corrected chi connectivity index (χ0v) is 16.6. The fourth-order valence-electron chi connectivity index (χ4n) is 2.31. The van der Waals surface area contributed by atoms with Crippen LogP contribution in [-0.2, 0) is 11.4 Å². The number of amides is 1. The molecule has 0 atom stereocenters. The number of carbonyl (C=O) groups is 1. The van der Waals surface area contributed by atoms with Crippen molar-refractivity contribution in [3.8, 4) is 11.4 Å². The van der Waals surface area contributed by atoms with E-state index in [0.717, 1.165) is 11.4 Å². The second-order valence-corrected chi connectivity index (χ2v) is 7.65. The van der Waals surface area contributed by atoms with Crippen LogP contribution in [0.1, 0.15) is 5.01 Å². The number of ether oxygens (including phenoxy) is 1. The van der Waals surface area contributed by atoms with Crippen molar-refractivity contribution in [2.24, 2.45) is 0 Å². The summed E-state index contributed by atoms with van der Waals surface area (Å²) in [5.74, 6) is 0.674. The van der Waals surface area contributed by atoms with Crippen LogP contribution in [0.3, 0.4) is 0 Å². The molecule has 9 nitrogen and oxygen atoms in total. The van der Waals surface area contributed by atoms with Gasteiger partial charge in [0.1, 0.15) is 12.4 Å². The summed E-state index contributed by atoms with van der Waals surface area (Å²) in [4.78, 5) is 12.2. The van der Waals surface area contributed by atoms with Crippen LogP contribution in [0.25, 0.3) is 5.69 Å². The molecule has 0 fully saturated rings. The van der Waals surface area contributed by atoms with Crippen LogP contribution < -0.4 is 10.1 Å². The SMILES string of the molecule is O=C(CSc1nnnn1-c1ccccc1)Nc1nnc(COc2ccccc2)s1. The summed E-state index contributed by atoms with van der Waals surface area (Å²) >= 11 is 2.51. The molecule has 0 aliphatic heterocycles. The number of para-hydroxylation sites is 2. The number of benzene rings is 2. The summed E-state index contributed by atoms with van der Waals surface area (Å²) in [7, 11) is 0. The van der Waals surface area contributed by atoms with Gasteiger partial charge in [0.2, 0.25) is 16.2 Å². The Morgan fingerprint density at radius 3 is 2.59 bits per heavy atom. The van der Waals surface area contributed by atoms with Crippen LogP contribution in [0, 0.1) is 0 Å². The van der Waals surface area contributed by atoms with Crippen molar-refractivity contribution in [2.75, 3.05) is 11.1 Å². The average molecular weight is 425 g/mol. The van der Waals surface area contributed by atoms with Gasteiger partial charge >= 0.3 is 0 Å². The lowest BCUT2D eigenvalue weighted by Gasteiger charge is -2.03. The molecule has 1 N–H and O–H groups in total. The standard InChI is InChI=1S/C18H15N7O2S2/c26-15(12-28-18-22-23-24-25(18)13-7-3-1-4-8-13)19-17-21-20-16(29-17)11-27-14-9-5-2-6-10-14/h1-10H,11-12H2,(H,19,21,26). The number of carbonyl (C=O) groups excluding carboxylic acids is 1. The molecule has 11 heteroatoms. The third kappa shape index (κ3) is 5.15. The summed E-state index contributed by atoms with van der Waals surface area (Å²) in [6, 6.07) is 18.9. The zero-order valence-electron chi connectivity index (χ0n) is 15.0. The highest BCUT2D eigenvalue weighted by molar-refractivity contribution is 7.99. The van der Waals surface area contributed by atoms with Gasteiger partial charge in [0.25, 0.3) is 0 Å². The van der Waals surface area contributed by atoms with Crippen LogP contribution in [-0.4, -0.2) is 42.1 Å². The summed E-state index contributed by atoms with van der Waals surface area (Å²) in [5.41, 5.74) is 0.826. The highest BCUT2D eigenvalue weighted by Crippen LogP contribution is 2.20. The van der Waals surface area contributed by atoms with Gasteiger partial charge in [-0.2, -0.15) is 4.68 Å². The minimum atomic E-state index is -0.218. The average Bonchev–Trinajstić information content (AvgIpc) is 3.41. The van der Waals surface area contributed by atoms with Crippen LogP contribution in [0.2, 0.25) is 0 Å². The van der Waals surface area contributed by atoms with Crippen LogP contribution in [0.15, 0.2) is 65.8 Å². The van der Waals surface area contributed by atoms with Crippen molar-refractivity contribution in [2.45, 2.75) is 11.8 Å². The summed E-state index contributed by atoms with van der Waals surface area (Å²) in [6.07, 6.45) is 0. The van der Waals surface area contributed by atoms with E-state index in [1.807, 2.05) is 60.7 Å². The largest absolute Gasteiger partial charge is 0.486 e. The van der Waals surface area contributed by atoms with Crippen LogP contribution in [0.4, 0.5) is 5.13 Å². The maximum absolute atomic E-state index is 12.2. The summed E-state index contributed by atoms with van der Waals surface area (Å²) in [6.45, 7) is 0.290. The lowest BCUT2D eigenvalue weighted by atomic mass is 10.3. The minimum absolute atomic E-state index is 0.142. The van der Waals surface area contributed by atoms with Crippen LogP contribution in [0.5, 0.6) is 5.75 Å². The number of nitrogens with one attached hydrogen (secondary N) is 1. The quantitative estimate of drug-likeness (QED) is 0.429. The zero-order chi connectivity index (χ0) is 19.9. The van der Waals surface area contributed by atoms with Gasteiger partial charge in [-0.1, -0.05) is 59.5 Å². The lowest BCUT2D eigenvalue weighted by Crippen LogP contribution is -2.14. The van der Waals surface area contributed by atoms with E-state index >= 15 is 0 Å². The molecule has 0 saturated heterocycles. The Balaban J connectivity index is 1.29. The Kier molecular flexibility index (Phi) is 6.07. The van der Waals surface area contributed by atoms with Gasteiger partial charge in [0.15, 0.2) is 5.01 Å². The van der Waals surface area contributed by atoms with Gasteiger partial charge in [-0.25, -0.2) is 0 Å². The van der Waals surface area contributed by atoms with E-state index in [-0.39, 0.29) is 18.3 Å². The first-order valence-electron chi connectivity index (χ1n) is 8.54. The Bertz CT molecular complexity index is 1070. The van der Waals surface area contributed by atoms with Crippen molar-refractivity contribution in [1.82, 2.24) is 30.4 Å². The number of hydrogen-bond donors (Lipinski definition) is 1. The third-order valence-corrected chi connectivity index (χ3v) is 5.32. The predicted octanol–water partition coefficient (Wildman–Crippen LogP) is 2.82. The molecule has 0 spiro atoms. The van der Waals surface area contributed by atoms with Crippen molar-refractivity contribution < 1.29 is 9.53 Å². The molecule has 0 aliphatic rings. The molecule has 2 aromatic heterocycles. The van der Waals surface area contributed by atoms with Gasteiger partial charge in [-0.15, -0.1) is 15.3 Å². The van der Waals surface area contributed by atoms with Gasteiger partial charge < -0.3 is 4.74 Å². The minimum Gasteiger partial charge on any atom is -0.486 e. The maximum Gasteiger partial charge on any atom is 0.236 e. The third-order valence-electron chi connectivity index (χ3n) is 3.59. The lowest BCUT2D eigenvalue weighted by molar-refractivity contribution is -0.113. The van der Waals surface area contributed by atoms with E-state index in [2.05, 4.69) is 31.0 Å². The second-order valence-electron chi connectivity index (χ2n) is 5.65. The first-order valence-corrected chi connectivity index (χ1v) is 10.3. The van der Waals surface area contributed by atoms with Gasteiger partial charge in [0, 0.05) is 0 Å². The number of aromatic nitrogens is 6. The normalized spacial score (nSPS) is 10.6. The Morgan fingerprint density at radius 2 is 1.79 bits per heavy atom. The van der Waals surface area contributed by atoms with E-state index in [1.54, 1.807) is 4.68 Å². The molecular formula is C18H15N7O2S2. The molecule has 0 saturated carbocycles. The molecular weight excluding hydrogens is 410 g/mol. The first kappa shape index (κ1) is 19.0. The van der Waals surface area contributed by atoms with Gasteiger partial charge in [-0.3, -0.25) is 10.1 Å². The molecule has 4 rings (SSSR count). The van der Waals surface area contributed by atoms with Gasteiger partial charge in [-0.05, 0) is 34.7 Å². The fourth-order valence-corrected chi connectivity index (χ4v) is 3.67. The van der Waals surface area contributed by atoms with Crippen LogP contribution >= 0.6 is 23.1 Å². The number of tetrazole rings is 1. The highest BCUT2D eigenvalue weighted by Gasteiger charge is 2.13. The molecule has 0 aliphatic carbocycles. The molecule has 146 valence electrons. The number of anilines is 1. The molecule has 2 aromatic carbocycles. The fraction of sp³-hybridized carbons (Fsp3) is 0.111. The van der Waals surface area contributed by atoms with Crippen molar-refractivity contribution >= 4 is 34.1 Å². The number of thioether (sulfide) groups is 1. The van der Waals surface area contributed by atoms with E-state index in [4.69, 9.17) is 4.74 Å².